The molecule has 2 rings (SSSR count). The van der Waals surface area contributed by atoms with Crippen molar-refractivity contribution in [3.63, 3.8) is 0 Å². The number of aromatic nitrogens is 2. The van der Waals surface area contributed by atoms with Crippen LogP contribution in [0.5, 0.6) is 0 Å². The van der Waals surface area contributed by atoms with Crippen LogP contribution in [0, 0.1) is 0 Å². The summed E-state index contributed by atoms with van der Waals surface area (Å²) in [5.41, 5.74) is 0. The molecule has 0 aliphatic rings. The van der Waals surface area contributed by atoms with Crippen LogP contribution in [-0.4, -0.2) is 9.97 Å². The highest BCUT2D eigenvalue weighted by Gasteiger charge is 1.59. The lowest BCUT2D eigenvalue weighted by Gasteiger charge is -1.70. The van der Waals surface area contributed by atoms with Crippen molar-refractivity contribution in [2.24, 2.45) is 0 Å². The second kappa shape index (κ2) is 12.1. The predicted molar refractivity (Wildman–Crippen MR) is 66.0 cm³/mol. The lowest BCUT2D eigenvalue weighted by molar-refractivity contribution is 1.33. The summed E-state index contributed by atoms with van der Waals surface area (Å²) in [7, 11) is 0. The fraction of sp³-hybridized carbons (Fsp3) is 0. The smallest absolute Gasteiger partial charge is 0.0267 e. The third kappa shape index (κ3) is 9.16. The van der Waals surface area contributed by atoms with Crippen LogP contribution in [0.4, 0.5) is 0 Å². The highest BCUT2D eigenvalue weighted by Crippen LogP contribution is 1.74. The summed E-state index contributed by atoms with van der Waals surface area (Å²) in [5.74, 6) is 0. The number of halogens is 2. The minimum absolute atomic E-state index is 0. The average Bonchev–Trinajstić information content (AvgIpc) is 2.24. The molecule has 4 heteroatoms. The van der Waals surface area contributed by atoms with Gasteiger partial charge in [0.05, 0.1) is 0 Å². The van der Waals surface area contributed by atoms with Crippen LogP contribution in [-0.2, 0) is 0 Å². The van der Waals surface area contributed by atoms with Crippen LogP contribution in [0.2, 0.25) is 0 Å². The summed E-state index contributed by atoms with van der Waals surface area (Å²) in [6, 6.07) is 11.4. The Morgan fingerprint density at radius 2 is 0.786 bits per heavy atom. The van der Waals surface area contributed by atoms with Gasteiger partial charge in [0.2, 0.25) is 0 Å². The first-order valence-electron chi connectivity index (χ1n) is 3.70. The molecule has 2 nitrogen and oxygen atoms in total. The van der Waals surface area contributed by atoms with E-state index in [1.165, 1.54) is 0 Å². The van der Waals surface area contributed by atoms with E-state index in [0.717, 1.165) is 0 Å². The third-order valence-corrected chi connectivity index (χ3v) is 1.13. The monoisotopic (exact) mass is 274 g/mol. The topological polar surface area (TPSA) is 25.8 Å². The van der Waals surface area contributed by atoms with Crippen molar-refractivity contribution >= 4 is 29.4 Å². The summed E-state index contributed by atoms with van der Waals surface area (Å²) in [5, 5.41) is 0. The molecule has 0 spiro atoms. The normalized spacial score (nSPS) is 6.86. The van der Waals surface area contributed by atoms with Crippen molar-refractivity contribution < 1.29 is 0 Å². The maximum absolute atomic E-state index is 3.78. The first-order chi connectivity index (χ1) is 6.00. The molecule has 0 radical (unpaired) electrons. The van der Waals surface area contributed by atoms with E-state index in [2.05, 4.69) is 9.97 Å². The molecule has 0 atom stereocenters. The van der Waals surface area contributed by atoms with E-state index in [1.54, 1.807) is 24.8 Å². The highest BCUT2D eigenvalue weighted by atomic mass is 79.9. The molecule has 0 aliphatic heterocycles. The van der Waals surface area contributed by atoms with Crippen molar-refractivity contribution in [3.05, 3.63) is 61.2 Å². The molecule has 0 bridgehead atoms. The minimum atomic E-state index is 0. The molecule has 2 aromatic heterocycles. The van der Waals surface area contributed by atoms with Gasteiger partial charge in [-0.25, -0.2) is 0 Å². The molecular weight excluding hydrogens is 263 g/mol. The Labute approximate surface area is 101 Å². The van der Waals surface area contributed by atoms with Gasteiger partial charge in [-0.05, 0) is 24.3 Å². The number of pyridine rings is 2. The minimum Gasteiger partial charge on any atom is -0.265 e. The Hall–Kier alpha value is -0.930. The Balaban J connectivity index is 0. The van der Waals surface area contributed by atoms with E-state index in [0.29, 0.717) is 0 Å². The standard InChI is InChI=1S/2C5H5N.BrH.ClH/c2*1-2-4-6-5-3-1;;/h2*1-5H;2*1H. The third-order valence-electron chi connectivity index (χ3n) is 1.13. The SMILES string of the molecule is Br.Cl.c1ccncc1.c1ccncc1. The van der Waals surface area contributed by atoms with Crippen LogP contribution < -0.4 is 0 Å². The predicted octanol–water partition coefficient (Wildman–Crippen LogP) is 3.16. The van der Waals surface area contributed by atoms with Crippen LogP contribution >= 0.6 is 29.4 Å². The second-order valence-corrected chi connectivity index (χ2v) is 2.05. The van der Waals surface area contributed by atoms with Gasteiger partial charge in [-0.15, -0.1) is 29.4 Å². The van der Waals surface area contributed by atoms with Gasteiger partial charge >= 0.3 is 0 Å². The Morgan fingerprint density at radius 1 is 0.500 bits per heavy atom. The number of rotatable bonds is 0. The van der Waals surface area contributed by atoms with Crippen LogP contribution in [0.25, 0.3) is 0 Å². The summed E-state index contributed by atoms with van der Waals surface area (Å²) in [6.07, 6.45) is 7.00. The molecule has 0 fully saturated rings. The van der Waals surface area contributed by atoms with Crippen LogP contribution in [0.15, 0.2) is 61.2 Å². The van der Waals surface area contributed by atoms with Gasteiger partial charge in [0.15, 0.2) is 0 Å². The molecule has 2 aromatic rings. The van der Waals surface area contributed by atoms with Gasteiger partial charge in [-0.3, -0.25) is 9.97 Å². The van der Waals surface area contributed by atoms with Crippen molar-refractivity contribution in [3.8, 4) is 0 Å². The van der Waals surface area contributed by atoms with Gasteiger partial charge < -0.3 is 0 Å². The average molecular weight is 276 g/mol. The lowest BCUT2D eigenvalue weighted by atomic mass is 10.5. The number of nitrogens with zero attached hydrogens (tertiary/aromatic N) is 2. The fourth-order valence-corrected chi connectivity index (χ4v) is 0.625. The van der Waals surface area contributed by atoms with Gasteiger partial charge in [0.1, 0.15) is 0 Å². The largest absolute Gasteiger partial charge is 0.265 e. The lowest BCUT2D eigenvalue weighted by Crippen LogP contribution is -1.58. The zero-order chi connectivity index (χ0) is 8.49. The Bertz CT molecular complexity index is 194. The maximum atomic E-state index is 3.78. The highest BCUT2D eigenvalue weighted by molar-refractivity contribution is 8.93. The first-order valence-corrected chi connectivity index (χ1v) is 3.70. The Kier molecular flexibility index (Phi) is 13.4. The van der Waals surface area contributed by atoms with Crippen molar-refractivity contribution in [2.45, 2.75) is 0 Å². The zero-order valence-corrected chi connectivity index (χ0v) is 10.0. The van der Waals surface area contributed by atoms with E-state index in [1.807, 2.05) is 36.4 Å². The van der Waals surface area contributed by atoms with Gasteiger partial charge in [0, 0.05) is 24.8 Å². The van der Waals surface area contributed by atoms with E-state index in [-0.39, 0.29) is 29.4 Å². The van der Waals surface area contributed by atoms with Crippen molar-refractivity contribution in [1.82, 2.24) is 9.97 Å². The van der Waals surface area contributed by atoms with E-state index >= 15 is 0 Å². The summed E-state index contributed by atoms with van der Waals surface area (Å²) >= 11 is 0. The Morgan fingerprint density at radius 3 is 0.857 bits per heavy atom. The first kappa shape index (κ1) is 15.5. The van der Waals surface area contributed by atoms with Gasteiger partial charge in [-0.2, -0.15) is 0 Å². The van der Waals surface area contributed by atoms with E-state index < -0.39 is 0 Å². The van der Waals surface area contributed by atoms with E-state index in [9.17, 15) is 0 Å². The molecule has 0 saturated carbocycles. The number of hydrogen-bond donors (Lipinski definition) is 0. The molecule has 0 saturated heterocycles. The van der Waals surface area contributed by atoms with Crippen LogP contribution in [0.3, 0.4) is 0 Å². The molecule has 0 unspecified atom stereocenters. The molecule has 2 heterocycles. The van der Waals surface area contributed by atoms with Crippen LogP contribution in [0.1, 0.15) is 0 Å². The fourth-order valence-electron chi connectivity index (χ4n) is 0.625. The molecule has 0 N–H and O–H groups in total. The molecule has 14 heavy (non-hydrogen) atoms. The van der Waals surface area contributed by atoms with Gasteiger partial charge in [0.25, 0.3) is 0 Å². The second-order valence-electron chi connectivity index (χ2n) is 2.05. The zero-order valence-electron chi connectivity index (χ0n) is 7.48. The molecule has 0 aliphatic carbocycles. The summed E-state index contributed by atoms with van der Waals surface area (Å²) < 4.78 is 0. The summed E-state index contributed by atoms with van der Waals surface area (Å²) in [4.78, 5) is 7.57. The summed E-state index contributed by atoms with van der Waals surface area (Å²) in [6.45, 7) is 0. The van der Waals surface area contributed by atoms with Gasteiger partial charge in [-0.1, -0.05) is 12.1 Å². The van der Waals surface area contributed by atoms with Crippen molar-refractivity contribution in [2.75, 3.05) is 0 Å². The van der Waals surface area contributed by atoms with E-state index in [4.69, 9.17) is 0 Å². The molecular formula is C10H12BrClN2. The molecule has 76 valence electrons. The van der Waals surface area contributed by atoms with Crippen molar-refractivity contribution in [1.29, 1.82) is 0 Å². The molecule has 0 aromatic carbocycles. The molecule has 0 amide bonds. The maximum Gasteiger partial charge on any atom is 0.0267 e. The number of hydrogen-bond acceptors (Lipinski definition) is 2. The quantitative estimate of drug-likeness (QED) is 0.738.